The maximum Gasteiger partial charge on any atom is 0.239 e. The Kier molecular flexibility index (Phi) is 4.56. The molecule has 2 heterocycles. The Labute approximate surface area is 126 Å². The summed E-state index contributed by atoms with van der Waals surface area (Å²) in [5.41, 5.74) is 1.41. The third-order valence-electron chi connectivity index (χ3n) is 4.80. The second-order valence-electron chi connectivity index (χ2n) is 6.06. The van der Waals surface area contributed by atoms with E-state index in [2.05, 4.69) is 35.6 Å². The van der Waals surface area contributed by atoms with Crippen molar-refractivity contribution in [1.29, 1.82) is 0 Å². The van der Waals surface area contributed by atoms with E-state index in [1.807, 2.05) is 4.90 Å². The normalized spacial score (nSPS) is 27.0. The highest BCUT2D eigenvalue weighted by Crippen LogP contribution is 2.28. The van der Waals surface area contributed by atoms with E-state index in [9.17, 15) is 4.79 Å². The summed E-state index contributed by atoms with van der Waals surface area (Å²) < 4.78 is 5.32. The zero-order chi connectivity index (χ0) is 14.7. The van der Waals surface area contributed by atoms with Crippen molar-refractivity contribution in [3.8, 4) is 0 Å². The van der Waals surface area contributed by atoms with E-state index in [0.717, 1.165) is 38.9 Å². The fourth-order valence-electron chi connectivity index (χ4n) is 3.45. The quantitative estimate of drug-likeness (QED) is 0.921. The second-order valence-corrected chi connectivity index (χ2v) is 6.06. The first-order chi connectivity index (χ1) is 10.3. The molecule has 3 rings (SSSR count). The molecule has 21 heavy (non-hydrogen) atoms. The van der Waals surface area contributed by atoms with Gasteiger partial charge in [0, 0.05) is 26.7 Å². The van der Waals surface area contributed by atoms with Gasteiger partial charge in [-0.2, -0.15) is 0 Å². The van der Waals surface area contributed by atoms with Gasteiger partial charge in [-0.25, -0.2) is 0 Å². The van der Waals surface area contributed by atoms with Crippen LogP contribution in [0.4, 0.5) is 0 Å². The number of nitrogens with zero attached hydrogens (tertiary/aromatic N) is 1. The van der Waals surface area contributed by atoms with Crippen molar-refractivity contribution in [3.63, 3.8) is 0 Å². The van der Waals surface area contributed by atoms with Crippen LogP contribution in [-0.4, -0.2) is 49.7 Å². The number of ether oxygens (including phenoxy) is 1. The van der Waals surface area contributed by atoms with Gasteiger partial charge >= 0.3 is 0 Å². The largest absolute Gasteiger partial charge is 0.380 e. The minimum Gasteiger partial charge on any atom is -0.380 e. The number of benzene rings is 1. The lowest BCUT2D eigenvalue weighted by Gasteiger charge is -2.33. The molecule has 2 saturated heterocycles. The van der Waals surface area contributed by atoms with E-state index in [-0.39, 0.29) is 18.1 Å². The number of carbonyl (C=O) groups is 1. The fraction of sp³-hybridized carbons (Fsp3) is 0.588. The molecule has 1 aromatic rings. The predicted molar refractivity (Wildman–Crippen MR) is 82.2 cm³/mol. The molecular weight excluding hydrogens is 264 g/mol. The highest BCUT2D eigenvalue weighted by Gasteiger charge is 2.33. The first-order valence-corrected chi connectivity index (χ1v) is 7.88. The van der Waals surface area contributed by atoms with Gasteiger partial charge in [0.15, 0.2) is 0 Å². The number of amides is 1. The van der Waals surface area contributed by atoms with Gasteiger partial charge < -0.3 is 15.0 Å². The van der Waals surface area contributed by atoms with Crippen LogP contribution in [-0.2, 0) is 9.53 Å². The van der Waals surface area contributed by atoms with Crippen molar-refractivity contribution >= 4 is 5.91 Å². The van der Waals surface area contributed by atoms with Crippen molar-refractivity contribution in [2.45, 2.75) is 37.3 Å². The Balaban J connectivity index is 1.53. The molecule has 4 nitrogen and oxygen atoms in total. The van der Waals surface area contributed by atoms with Crippen LogP contribution in [0.2, 0.25) is 0 Å². The summed E-state index contributed by atoms with van der Waals surface area (Å²) >= 11 is 0. The smallest absolute Gasteiger partial charge is 0.239 e. The van der Waals surface area contributed by atoms with Crippen molar-refractivity contribution in [3.05, 3.63) is 35.9 Å². The maximum atomic E-state index is 12.5. The Bertz CT molecular complexity index is 469. The molecule has 0 saturated carbocycles. The lowest BCUT2D eigenvalue weighted by atomic mass is 9.89. The molecule has 1 aromatic carbocycles. The van der Waals surface area contributed by atoms with Crippen LogP contribution in [0.15, 0.2) is 30.3 Å². The maximum absolute atomic E-state index is 12.5. The average Bonchev–Trinajstić information content (AvgIpc) is 3.04. The lowest BCUT2D eigenvalue weighted by molar-refractivity contribution is -0.134. The molecule has 4 heteroatoms. The zero-order valence-electron chi connectivity index (χ0n) is 12.6. The van der Waals surface area contributed by atoms with Crippen LogP contribution in [0, 0.1) is 0 Å². The topological polar surface area (TPSA) is 41.6 Å². The highest BCUT2D eigenvalue weighted by molar-refractivity contribution is 5.82. The molecule has 114 valence electrons. The highest BCUT2D eigenvalue weighted by atomic mass is 16.5. The number of hydrogen-bond donors (Lipinski definition) is 1. The molecule has 0 aliphatic carbocycles. The predicted octanol–water partition coefficient (Wildman–Crippen LogP) is 1.77. The van der Waals surface area contributed by atoms with Crippen molar-refractivity contribution in [1.82, 2.24) is 10.2 Å². The van der Waals surface area contributed by atoms with Crippen LogP contribution in [0.25, 0.3) is 0 Å². The monoisotopic (exact) mass is 288 g/mol. The van der Waals surface area contributed by atoms with Gasteiger partial charge in [0.05, 0.1) is 12.1 Å². The summed E-state index contributed by atoms with van der Waals surface area (Å²) in [4.78, 5) is 14.5. The fourth-order valence-corrected chi connectivity index (χ4v) is 3.45. The molecule has 2 aliphatic rings. The van der Waals surface area contributed by atoms with E-state index in [4.69, 9.17) is 4.74 Å². The Morgan fingerprint density at radius 2 is 1.95 bits per heavy atom. The summed E-state index contributed by atoms with van der Waals surface area (Å²) in [6, 6.07) is 10.6. The van der Waals surface area contributed by atoms with Crippen LogP contribution < -0.4 is 5.32 Å². The van der Waals surface area contributed by atoms with E-state index in [0.29, 0.717) is 5.92 Å². The molecular formula is C17H24N2O2. The second kappa shape index (κ2) is 6.58. The number of methoxy groups -OCH3 is 1. The van der Waals surface area contributed by atoms with Crippen LogP contribution >= 0.6 is 0 Å². The van der Waals surface area contributed by atoms with Gasteiger partial charge in [-0.1, -0.05) is 30.3 Å². The Morgan fingerprint density at radius 1 is 1.24 bits per heavy atom. The molecule has 2 fully saturated rings. The van der Waals surface area contributed by atoms with Crippen molar-refractivity contribution < 1.29 is 9.53 Å². The summed E-state index contributed by atoms with van der Waals surface area (Å²) in [6.07, 6.45) is 3.11. The molecule has 0 radical (unpaired) electrons. The van der Waals surface area contributed by atoms with Crippen LogP contribution in [0.5, 0.6) is 0 Å². The van der Waals surface area contributed by atoms with Crippen LogP contribution in [0.3, 0.4) is 0 Å². The molecule has 2 aliphatic heterocycles. The summed E-state index contributed by atoms with van der Waals surface area (Å²) in [6.45, 7) is 2.52. The number of nitrogens with one attached hydrogen (secondary N) is 1. The summed E-state index contributed by atoms with van der Waals surface area (Å²) in [5, 5.41) is 3.28. The molecule has 1 N–H and O–H groups in total. The van der Waals surface area contributed by atoms with E-state index in [1.165, 1.54) is 5.56 Å². The molecule has 0 spiro atoms. The Morgan fingerprint density at radius 3 is 2.57 bits per heavy atom. The number of likely N-dealkylation sites (tertiary alicyclic amines) is 1. The SMILES string of the molecule is COC1CNC(C(=O)N2CCC(c3ccccc3)CC2)C1. The first-order valence-electron chi connectivity index (χ1n) is 7.88. The first kappa shape index (κ1) is 14.5. The number of hydrogen-bond acceptors (Lipinski definition) is 3. The van der Waals surface area contributed by atoms with Gasteiger partial charge in [0.25, 0.3) is 0 Å². The van der Waals surface area contributed by atoms with Gasteiger partial charge in [-0.15, -0.1) is 0 Å². The van der Waals surface area contributed by atoms with E-state index >= 15 is 0 Å². The van der Waals surface area contributed by atoms with Crippen molar-refractivity contribution in [2.75, 3.05) is 26.7 Å². The van der Waals surface area contributed by atoms with E-state index in [1.54, 1.807) is 7.11 Å². The zero-order valence-corrected chi connectivity index (χ0v) is 12.6. The molecule has 2 atom stereocenters. The van der Waals surface area contributed by atoms with Gasteiger partial charge in [0.2, 0.25) is 5.91 Å². The third-order valence-corrected chi connectivity index (χ3v) is 4.80. The molecule has 2 unspecified atom stereocenters. The standard InChI is InChI=1S/C17H24N2O2/c1-21-15-11-16(18-12-15)17(20)19-9-7-14(8-10-19)13-5-3-2-4-6-13/h2-6,14-16,18H,7-12H2,1H3. The van der Waals surface area contributed by atoms with Gasteiger partial charge in [0.1, 0.15) is 0 Å². The molecule has 1 amide bonds. The molecule has 0 aromatic heterocycles. The third kappa shape index (κ3) is 3.27. The average molecular weight is 288 g/mol. The summed E-state index contributed by atoms with van der Waals surface area (Å²) in [7, 11) is 1.71. The van der Waals surface area contributed by atoms with Gasteiger partial charge in [-0.05, 0) is 30.7 Å². The molecule has 0 bridgehead atoms. The lowest BCUT2D eigenvalue weighted by Crippen LogP contribution is -2.46. The van der Waals surface area contributed by atoms with Crippen LogP contribution in [0.1, 0.15) is 30.7 Å². The summed E-state index contributed by atoms with van der Waals surface area (Å²) in [5.74, 6) is 0.847. The Hall–Kier alpha value is -1.39. The number of carbonyl (C=O) groups excluding carboxylic acids is 1. The van der Waals surface area contributed by atoms with Gasteiger partial charge in [-0.3, -0.25) is 4.79 Å². The number of rotatable bonds is 3. The van der Waals surface area contributed by atoms with Crippen molar-refractivity contribution in [2.24, 2.45) is 0 Å². The van der Waals surface area contributed by atoms with E-state index < -0.39 is 0 Å². The minimum atomic E-state index is -0.0526. The number of piperidine rings is 1. The minimum absolute atomic E-state index is 0.0526.